The average Bonchev–Trinajstić information content (AvgIpc) is 2.43. The molecular weight excluding hydrogens is 307 g/mol. The first-order valence-corrected chi connectivity index (χ1v) is 6.16. The fourth-order valence-electron chi connectivity index (χ4n) is 1.49. The largest absolute Gasteiger partial charge is 0.484 e. The number of carbonyl (C=O) groups is 1. The molecular formula is C14H9ClF3NO2. The van der Waals surface area contributed by atoms with Crippen molar-refractivity contribution in [3.8, 4) is 5.75 Å². The number of ether oxygens (including phenoxy) is 1. The van der Waals surface area contributed by atoms with E-state index < -0.39 is 30.0 Å². The molecule has 1 N–H and O–H groups in total. The Bertz CT molecular complexity index is 679. The van der Waals surface area contributed by atoms with Gasteiger partial charge in [0.05, 0.1) is 10.7 Å². The van der Waals surface area contributed by atoms with Crippen molar-refractivity contribution in [1.29, 1.82) is 0 Å². The number of hydrogen-bond donors (Lipinski definition) is 1. The molecule has 2 rings (SSSR count). The quantitative estimate of drug-likeness (QED) is 0.932. The Hall–Kier alpha value is -2.21. The van der Waals surface area contributed by atoms with E-state index in [0.717, 1.165) is 18.2 Å². The van der Waals surface area contributed by atoms with E-state index in [1.54, 1.807) is 0 Å². The van der Waals surface area contributed by atoms with Crippen molar-refractivity contribution in [2.45, 2.75) is 0 Å². The van der Waals surface area contributed by atoms with Crippen molar-refractivity contribution in [3.63, 3.8) is 0 Å². The summed E-state index contributed by atoms with van der Waals surface area (Å²) in [4.78, 5) is 11.6. The molecule has 0 fully saturated rings. The predicted octanol–water partition coefficient (Wildman–Crippen LogP) is 3.77. The van der Waals surface area contributed by atoms with Crippen LogP contribution in [0.2, 0.25) is 5.02 Å². The minimum Gasteiger partial charge on any atom is -0.484 e. The van der Waals surface area contributed by atoms with Crippen LogP contribution in [0.4, 0.5) is 18.9 Å². The first kappa shape index (κ1) is 15.2. The Kier molecular flexibility index (Phi) is 4.70. The summed E-state index contributed by atoms with van der Waals surface area (Å²) in [6.45, 7) is -0.432. The molecule has 0 saturated carbocycles. The molecule has 0 aromatic heterocycles. The second-order valence-electron chi connectivity index (χ2n) is 4.04. The Morgan fingerprint density at radius 1 is 1.10 bits per heavy atom. The molecule has 7 heteroatoms. The van der Waals surface area contributed by atoms with Gasteiger partial charge in [0, 0.05) is 12.1 Å². The lowest BCUT2D eigenvalue weighted by Crippen LogP contribution is -2.20. The fraction of sp³-hybridized carbons (Fsp3) is 0.0714. The van der Waals surface area contributed by atoms with E-state index in [0.29, 0.717) is 6.07 Å². The number of hydrogen-bond acceptors (Lipinski definition) is 2. The van der Waals surface area contributed by atoms with Crippen molar-refractivity contribution in [3.05, 3.63) is 58.9 Å². The van der Waals surface area contributed by atoms with E-state index in [1.165, 1.54) is 12.1 Å². The maximum atomic E-state index is 13.3. The summed E-state index contributed by atoms with van der Waals surface area (Å²) in [6, 6.07) is 6.36. The van der Waals surface area contributed by atoms with Crippen molar-refractivity contribution in [2.24, 2.45) is 0 Å². The van der Waals surface area contributed by atoms with E-state index in [4.69, 9.17) is 16.3 Å². The third-order valence-electron chi connectivity index (χ3n) is 2.47. The normalized spacial score (nSPS) is 10.3. The second-order valence-corrected chi connectivity index (χ2v) is 4.44. The van der Waals surface area contributed by atoms with Crippen molar-refractivity contribution < 1.29 is 22.7 Å². The Balaban J connectivity index is 1.94. The molecule has 0 spiro atoms. The van der Waals surface area contributed by atoms with Gasteiger partial charge < -0.3 is 10.1 Å². The lowest BCUT2D eigenvalue weighted by atomic mass is 10.3. The van der Waals surface area contributed by atoms with Crippen LogP contribution in [0.5, 0.6) is 5.75 Å². The zero-order chi connectivity index (χ0) is 15.4. The van der Waals surface area contributed by atoms with E-state index in [9.17, 15) is 18.0 Å². The van der Waals surface area contributed by atoms with Gasteiger partial charge in [-0.25, -0.2) is 13.2 Å². The summed E-state index contributed by atoms with van der Waals surface area (Å²) in [5.74, 6) is -2.71. The second kappa shape index (κ2) is 6.49. The number of halogens is 4. The van der Waals surface area contributed by atoms with Crippen LogP contribution in [-0.2, 0) is 4.79 Å². The minimum atomic E-state index is -0.895. The highest BCUT2D eigenvalue weighted by Crippen LogP contribution is 2.21. The van der Waals surface area contributed by atoms with Gasteiger partial charge in [0.1, 0.15) is 23.2 Å². The van der Waals surface area contributed by atoms with Crippen LogP contribution >= 0.6 is 11.6 Å². The molecule has 0 unspecified atom stereocenters. The minimum absolute atomic E-state index is 0.141. The molecule has 0 aliphatic heterocycles. The summed E-state index contributed by atoms with van der Waals surface area (Å²) in [7, 11) is 0. The van der Waals surface area contributed by atoms with E-state index in [-0.39, 0.29) is 16.5 Å². The smallest absolute Gasteiger partial charge is 0.262 e. The maximum absolute atomic E-state index is 13.3. The molecule has 2 aromatic carbocycles. The van der Waals surface area contributed by atoms with Crippen LogP contribution in [0.3, 0.4) is 0 Å². The third kappa shape index (κ3) is 4.13. The van der Waals surface area contributed by atoms with Gasteiger partial charge in [0.25, 0.3) is 5.91 Å². The fourth-order valence-corrected chi connectivity index (χ4v) is 1.66. The Morgan fingerprint density at radius 3 is 2.52 bits per heavy atom. The van der Waals surface area contributed by atoms with Gasteiger partial charge >= 0.3 is 0 Å². The Labute approximate surface area is 123 Å². The van der Waals surface area contributed by atoms with Gasteiger partial charge in [-0.05, 0) is 24.3 Å². The van der Waals surface area contributed by atoms with Gasteiger partial charge in [0.15, 0.2) is 6.61 Å². The molecule has 2 aromatic rings. The highest BCUT2D eigenvalue weighted by molar-refractivity contribution is 6.30. The van der Waals surface area contributed by atoms with E-state index >= 15 is 0 Å². The molecule has 0 saturated heterocycles. The SMILES string of the molecule is O=C(COc1ccc(F)c(Cl)c1)Nc1ccc(F)cc1F. The summed E-state index contributed by atoms with van der Waals surface area (Å²) < 4.78 is 44.0. The predicted molar refractivity (Wildman–Crippen MR) is 71.9 cm³/mol. The topological polar surface area (TPSA) is 38.3 Å². The number of rotatable bonds is 4. The highest BCUT2D eigenvalue weighted by atomic mass is 35.5. The van der Waals surface area contributed by atoms with E-state index in [1.807, 2.05) is 0 Å². The molecule has 110 valence electrons. The molecule has 0 heterocycles. The number of benzene rings is 2. The maximum Gasteiger partial charge on any atom is 0.262 e. The summed E-state index contributed by atoms with van der Waals surface area (Å²) in [5, 5.41) is 2.08. The molecule has 0 radical (unpaired) electrons. The van der Waals surface area contributed by atoms with Crippen LogP contribution < -0.4 is 10.1 Å². The van der Waals surface area contributed by atoms with Crippen LogP contribution in [0.1, 0.15) is 0 Å². The molecule has 21 heavy (non-hydrogen) atoms. The molecule has 3 nitrogen and oxygen atoms in total. The number of amides is 1. The third-order valence-corrected chi connectivity index (χ3v) is 2.76. The zero-order valence-electron chi connectivity index (χ0n) is 10.5. The van der Waals surface area contributed by atoms with Gasteiger partial charge in [-0.1, -0.05) is 11.6 Å². The molecule has 0 bridgehead atoms. The molecule has 1 amide bonds. The Morgan fingerprint density at radius 2 is 1.86 bits per heavy atom. The monoisotopic (exact) mass is 315 g/mol. The molecule has 0 aliphatic carbocycles. The van der Waals surface area contributed by atoms with Crippen molar-refractivity contribution >= 4 is 23.2 Å². The number of carbonyl (C=O) groups excluding carboxylic acids is 1. The average molecular weight is 316 g/mol. The summed E-state index contributed by atoms with van der Waals surface area (Å²) in [5.41, 5.74) is -0.165. The highest BCUT2D eigenvalue weighted by Gasteiger charge is 2.09. The van der Waals surface area contributed by atoms with Crippen LogP contribution in [-0.4, -0.2) is 12.5 Å². The van der Waals surface area contributed by atoms with Gasteiger partial charge in [-0.15, -0.1) is 0 Å². The van der Waals surface area contributed by atoms with Crippen molar-refractivity contribution in [1.82, 2.24) is 0 Å². The first-order valence-electron chi connectivity index (χ1n) is 5.78. The lowest BCUT2D eigenvalue weighted by Gasteiger charge is -2.08. The van der Waals surface area contributed by atoms with Crippen LogP contribution in [0.25, 0.3) is 0 Å². The molecule has 0 atom stereocenters. The van der Waals surface area contributed by atoms with Crippen LogP contribution in [0.15, 0.2) is 36.4 Å². The lowest BCUT2D eigenvalue weighted by molar-refractivity contribution is -0.118. The van der Waals surface area contributed by atoms with Gasteiger partial charge in [0.2, 0.25) is 0 Å². The summed E-state index contributed by atoms with van der Waals surface area (Å²) >= 11 is 5.55. The van der Waals surface area contributed by atoms with E-state index in [2.05, 4.69) is 5.32 Å². The van der Waals surface area contributed by atoms with Crippen LogP contribution in [0, 0.1) is 17.5 Å². The van der Waals surface area contributed by atoms with Gasteiger partial charge in [-0.2, -0.15) is 0 Å². The number of anilines is 1. The number of nitrogens with one attached hydrogen (secondary N) is 1. The van der Waals surface area contributed by atoms with Crippen molar-refractivity contribution in [2.75, 3.05) is 11.9 Å². The molecule has 0 aliphatic rings. The standard InChI is InChI=1S/C14H9ClF3NO2/c15-10-6-9(2-3-11(10)17)21-7-14(20)19-13-4-1-8(16)5-12(13)18/h1-6H,7H2,(H,19,20). The van der Waals surface area contributed by atoms with Gasteiger partial charge in [-0.3, -0.25) is 4.79 Å². The first-order chi connectivity index (χ1) is 9.95. The summed E-state index contributed by atoms with van der Waals surface area (Å²) in [6.07, 6.45) is 0. The zero-order valence-corrected chi connectivity index (χ0v) is 11.3.